The second-order valence-corrected chi connectivity index (χ2v) is 6.15. The van der Waals surface area contributed by atoms with Crippen LogP contribution in [0.15, 0.2) is 42.5 Å². The average Bonchev–Trinajstić information content (AvgIpc) is 2.37. The number of halogens is 3. The molecule has 1 nitrogen and oxygen atoms in total. The Morgan fingerprint density at radius 1 is 1.05 bits per heavy atom. The minimum atomic E-state index is -0.558. The highest BCUT2D eigenvalue weighted by Crippen LogP contribution is 2.29. The Labute approximate surface area is 128 Å². The first-order valence-corrected chi connectivity index (χ1v) is 7.17. The summed E-state index contributed by atoms with van der Waals surface area (Å²) >= 11 is 6.22. The molecule has 0 saturated heterocycles. The van der Waals surface area contributed by atoms with Gasteiger partial charge in [-0.1, -0.05) is 43.6 Å². The van der Waals surface area contributed by atoms with E-state index in [0.29, 0.717) is 18.7 Å². The van der Waals surface area contributed by atoms with Crippen molar-refractivity contribution in [1.82, 2.24) is 5.32 Å². The highest BCUT2D eigenvalue weighted by atomic mass is 35.5. The molecule has 0 amide bonds. The van der Waals surface area contributed by atoms with Crippen molar-refractivity contribution in [3.63, 3.8) is 0 Å². The predicted molar refractivity (Wildman–Crippen MR) is 82.5 cm³/mol. The van der Waals surface area contributed by atoms with Crippen molar-refractivity contribution >= 4 is 11.6 Å². The summed E-state index contributed by atoms with van der Waals surface area (Å²) in [5, 5.41) is 3.95. The lowest BCUT2D eigenvalue weighted by Crippen LogP contribution is -2.33. The van der Waals surface area contributed by atoms with Crippen molar-refractivity contribution in [3.05, 3.63) is 70.2 Å². The van der Waals surface area contributed by atoms with Gasteiger partial charge >= 0.3 is 0 Å². The van der Waals surface area contributed by atoms with Crippen LogP contribution in [0.5, 0.6) is 0 Å². The molecule has 0 heterocycles. The molecule has 2 aromatic rings. The minimum Gasteiger partial charge on any atom is -0.312 e. The van der Waals surface area contributed by atoms with Gasteiger partial charge in [0.25, 0.3) is 0 Å². The first-order valence-electron chi connectivity index (χ1n) is 6.79. The van der Waals surface area contributed by atoms with Gasteiger partial charge in [-0.25, -0.2) is 8.78 Å². The monoisotopic (exact) mass is 309 g/mol. The molecule has 0 bridgehead atoms. The Bertz CT molecular complexity index is 606. The van der Waals surface area contributed by atoms with Crippen molar-refractivity contribution in [2.45, 2.75) is 25.8 Å². The number of benzene rings is 2. The highest BCUT2D eigenvalue weighted by molar-refractivity contribution is 6.31. The summed E-state index contributed by atoms with van der Waals surface area (Å²) < 4.78 is 26.2. The molecule has 4 heteroatoms. The summed E-state index contributed by atoms with van der Waals surface area (Å²) in [6.45, 7) is 5.21. The summed E-state index contributed by atoms with van der Waals surface area (Å²) in [6, 6.07) is 11.2. The van der Waals surface area contributed by atoms with Crippen LogP contribution in [0, 0.1) is 11.6 Å². The molecule has 0 aliphatic carbocycles. The maximum atomic E-state index is 13.1. The van der Waals surface area contributed by atoms with Crippen LogP contribution in [0.25, 0.3) is 0 Å². The predicted octanol–water partition coefficient (Wildman–Crippen LogP) is 4.69. The van der Waals surface area contributed by atoms with Crippen LogP contribution >= 0.6 is 11.6 Å². The zero-order valence-corrected chi connectivity index (χ0v) is 12.8. The molecular formula is C17H18ClF2N. The van der Waals surface area contributed by atoms with Crippen LogP contribution in [0.3, 0.4) is 0 Å². The van der Waals surface area contributed by atoms with Crippen molar-refractivity contribution in [1.29, 1.82) is 0 Å². The van der Waals surface area contributed by atoms with Gasteiger partial charge in [-0.3, -0.25) is 0 Å². The second kappa shape index (κ2) is 6.54. The number of nitrogens with one attached hydrogen (secondary N) is 1. The topological polar surface area (TPSA) is 12.0 Å². The van der Waals surface area contributed by atoms with Crippen molar-refractivity contribution in [2.24, 2.45) is 0 Å². The van der Waals surface area contributed by atoms with Gasteiger partial charge in [0.2, 0.25) is 0 Å². The second-order valence-electron chi connectivity index (χ2n) is 5.74. The Morgan fingerprint density at radius 3 is 2.29 bits per heavy atom. The molecule has 0 saturated carbocycles. The summed E-state index contributed by atoms with van der Waals surface area (Å²) in [5.74, 6) is -1.12. The van der Waals surface area contributed by atoms with Crippen molar-refractivity contribution in [2.75, 3.05) is 6.54 Å². The molecular weight excluding hydrogens is 292 g/mol. The van der Waals surface area contributed by atoms with E-state index in [0.717, 1.165) is 16.7 Å². The lowest BCUT2D eigenvalue weighted by atomic mass is 9.84. The third-order valence-electron chi connectivity index (χ3n) is 3.42. The highest BCUT2D eigenvalue weighted by Gasteiger charge is 2.22. The van der Waals surface area contributed by atoms with E-state index in [4.69, 9.17) is 11.6 Å². The Balaban J connectivity index is 2.00. The van der Waals surface area contributed by atoms with Gasteiger partial charge in [-0.2, -0.15) is 0 Å². The maximum Gasteiger partial charge on any atom is 0.126 e. The van der Waals surface area contributed by atoms with Gasteiger partial charge in [-0.15, -0.1) is 0 Å². The van der Waals surface area contributed by atoms with E-state index in [1.54, 1.807) is 0 Å². The van der Waals surface area contributed by atoms with Gasteiger partial charge in [0.15, 0.2) is 0 Å². The van der Waals surface area contributed by atoms with E-state index < -0.39 is 11.6 Å². The zero-order chi connectivity index (χ0) is 15.5. The van der Waals surface area contributed by atoms with Crippen molar-refractivity contribution < 1.29 is 8.78 Å². The third-order valence-corrected chi connectivity index (χ3v) is 3.75. The van der Waals surface area contributed by atoms with Crippen LogP contribution < -0.4 is 5.32 Å². The van der Waals surface area contributed by atoms with Gasteiger partial charge in [0.05, 0.1) is 0 Å². The average molecular weight is 310 g/mol. The number of rotatable bonds is 5. The van der Waals surface area contributed by atoms with Gasteiger partial charge in [-0.05, 0) is 29.3 Å². The summed E-state index contributed by atoms with van der Waals surface area (Å²) in [6.07, 6.45) is 0. The molecule has 0 atom stereocenters. The molecule has 0 unspecified atom stereocenters. The molecule has 1 N–H and O–H groups in total. The molecule has 0 aromatic heterocycles. The molecule has 0 spiro atoms. The lowest BCUT2D eigenvalue weighted by molar-refractivity contribution is 0.467. The summed E-state index contributed by atoms with van der Waals surface area (Å²) in [5.41, 5.74) is 1.46. The Morgan fingerprint density at radius 2 is 1.67 bits per heavy atom. The van der Waals surface area contributed by atoms with E-state index in [9.17, 15) is 8.78 Å². The lowest BCUT2D eigenvalue weighted by Gasteiger charge is -2.27. The van der Waals surface area contributed by atoms with E-state index in [-0.39, 0.29) is 5.41 Å². The third kappa shape index (κ3) is 4.26. The van der Waals surface area contributed by atoms with Crippen molar-refractivity contribution in [3.8, 4) is 0 Å². The normalized spacial score (nSPS) is 11.7. The van der Waals surface area contributed by atoms with Crippen LogP contribution in [0.1, 0.15) is 25.0 Å². The van der Waals surface area contributed by atoms with E-state index in [1.807, 2.05) is 24.3 Å². The standard InChI is InChI=1S/C17H18ClF2N/c1-17(2,15-5-3-4-6-16(15)18)11-21-10-12-7-13(19)9-14(20)8-12/h3-9,21H,10-11H2,1-2H3. The Hall–Kier alpha value is -1.45. The van der Waals surface area contributed by atoms with E-state index in [1.165, 1.54) is 12.1 Å². The smallest absolute Gasteiger partial charge is 0.126 e. The van der Waals surface area contributed by atoms with E-state index in [2.05, 4.69) is 19.2 Å². The zero-order valence-electron chi connectivity index (χ0n) is 12.1. The van der Waals surface area contributed by atoms with Gasteiger partial charge in [0.1, 0.15) is 11.6 Å². The van der Waals surface area contributed by atoms with Crippen LogP contribution in [0.4, 0.5) is 8.78 Å². The summed E-state index contributed by atoms with van der Waals surface area (Å²) in [7, 11) is 0. The number of hydrogen-bond donors (Lipinski definition) is 1. The largest absolute Gasteiger partial charge is 0.312 e. The fourth-order valence-corrected chi connectivity index (χ4v) is 2.73. The molecule has 0 aliphatic rings. The minimum absolute atomic E-state index is 0.176. The van der Waals surface area contributed by atoms with Gasteiger partial charge < -0.3 is 5.32 Å². The van der Waals surface area contributed by atoms with Crippen LogP contribution in [-0.4, -0.2) is 6.54 Å². The SMILES string of the molecule is CC(C)(CNCc1cc(F)cc(F)c1)c1ccccc1Cl. The molecule has 0 radical (unpaired) electrons. The quantitative estimate of drug-likeness (QED) is 0.845. The fourth-order valence-electron chi connectivity index (χ4n) is 2.34. The van der Waals surface area contributed by atoms with Crippen LogP contribution in [0.2, 0.25) is 5.02 Å². The fraction of sp³-hybridized carbons (Fsp3) is 0.294. The summed E-state index contributed by atoms with van der Waals surface area (Å²) in [4.78, 5) is 0. The molecule has 112 valence electrons. The van der Waals surface area contributed by atoms with Crippen LogP contribution in [-0.2, 0) is 12.0 Å². The molecule has 2 rings (SSSR count). The molecule has 2 aromatic carbocycles. The first kappa shape index (κ1) is 15.9. The van der Waals surface area contributed by atoms with Gasteiger partial charge in [0, 0.05) is 29.6 Å². The molecule has 0 fully saturated rings. The molecule has 21 heavy (non-hydrogen) atoms. The van der Waals surface area contributed by atoms with E-state index >= 15 is 0 Å². The molecule has 0 aliphatic heterocycles. The Kier molecular flexibility index (Phi) is 4.96. The first-order chi connectivity index (χ1) is 9.88. The number of hydrogen-bond acceptors (Lipinski definition) is 1. The maximum absolute atomic E-state index is 13.1.